The van der Waals surface area contributed by atoms with Gasteiger partial charge in [-0.3, -0.25) is 9.59 Å². The SMILES string of the molecule is C[C@H]1C(=O)N2CCC[C@H]2CN1C(=O)CCC1CCN(C)CC1. The van der Waals surface area contributed by atoms with Gasteiger partial charge in [-0.15, -0.1) is 0 Å². The highest BCUT2D eigenvalue weighted by Gasteiger charge is 2.41. The van der Waals surface area contributed by atoms with Gasteiger partial charge in [0, 0.05) is 25.6 Å². The Morgan fingerprint density at radius 3 is 2.64 bits per heavy atom. The summed E-state index contributed by atoms with van der Waals surface area (Å²) in [5.74, 6) is 1.02. The molecule has 3 fully saturated rings. The zero-order valence-corrected chi connectivity index (χ0v) is 14.0. The number of carbonyl (C=O) groups is 2. The van der Waals surface area contributed by atoms with Crippen molar-refractivity contribution in [1.82, 2.24) is 14.7 Å². The van der Waals surface area contributed by atoms with Gasteiger partial charge in [0.25, 0.3) is 0 Å². The first-order chi connectivity index (χ1) is 10.6. The summed E-state index contributed by atoms with van der Waals surface area (Å²) in [4.78, 5) is 31.2. The third-order valence-corrected chi connectivity index (χ3v) is 5.82. The lowest BCUT2D eigenvalue weighted by atomic mass is 9.92. The highest BCUT2D eigenvalue weighted by Crippen LogP contribution is 2.27. The first kappa shape index (κ1) is 15.8. The number of hydrogen-bond acceptors (Lipinski definition) is 3. The van der Waals surface area contributed by atoms with E-state index in [0.717, 1.165) is 45.4 Å². The van der Waals surface area contributed by atoms with Gasteiger partial charge >= 0.3 is 0 Å². The van der Waals surface area contributed by atoms with Crippen LogP contribution in [0.5, 0.6) is 0 Å². The van der Waals surface area contributed by atoms with Crippen LogP contribution < -0.4 is 0 Å². The standard InChI is InChI=1S/C17H29N3O2/c1-13-17(22)19-9-3-4-15(19)12-20(13)16(21)6-5-14-7-10-18(2)11-8-14/h13-15H,3-12H2,1-2H3/t13-,15-/m0/s1. The van der Waals surface area contributed by atoms with Gasteiger partial charge in [-0.1, -0.05) is 0 Å². The van der Waals surface area contributed by atoms with Crippen LogP contribution in [0.4, 0.5) is 0 Å². The lowest BCUT2D eigenvalue weighted by Gasteiger charge is -2.41. The average Bonchev–Trinajstić information content (AvgIpc) is 2.98. The molecule has 5 nitrogen and oxygen atoms in total. The molecule has 0 aromatic carbocycles. The molecule has 124 valence electrons. The minimum atomic E-state index is -0.265. The maximum absolute atomic E-state index is 12.6. The van der Waals surface area contributed by atoms with E-state index in [4.69, 9.17) is 0 Å². The summed E-state index contributed by atoms with van der Waals surface area (Å²) in [6.45, 7) is 5.82. The Morgan fingerprint density at radius 1 is 1.18 bits per heavy atom. The average molecular weight is 307 g/mol. The molecule has 3 aliphatic heterocycles. The molecule has 0 aliphatic carbocycles. The predicted octanol–water partition coefficient (Wildman–Crippen LogP) is 1.33. The van der Waals surface area contributed by atoms with E-state index in [1.54, 1.807) is 0 Å². The van der Waals surface area contributed by atoms with Crippen molar-refractivity contribution >= 4 is 11.8 Å². The molecule has 5 heteroatoms. The number of carbonyl (C=O) groups excluding carboxylic acids is 2. The molecule has 0 bridgehead atoms. The predicted molar refractivity (Wildman–Crippen MR) is 85.4 cm³/mol. The fourth-order valence-corrected chi connectivity index (χ4v) is 4.21. The van der Waals surface area contributed by atoms with Gasteiger partial charge < -0.3 is 14.7 Å². The molecule has 0 N–H and O–H groups in total. The van der Waals surface area contributed by atoms with Crippen molar-refractivity contribution in [2.24, 2.45) is 5.92 Å². The minimum absolute atomic E-state index is 0.154. The topological polar surface area (TPSA) is 43.9 Å². The third kappa shape index (κ3) is 3.14. The number of likely N-dealkylation sites (tertiary alicyclic amines) is 1. The van der Waals surface area contributed by atoms with Crippen molar-refractivity contribution in [3.63, 3.8) is 0 Å². The van der Waals surface area contributed by atoms with E-state index < -0.39 is 0 Å². The van der Waals surface area contributed by atoms with Gasteiger partial charge in [-0.25, -0.2) is 0 Å². The van der Waals surface area contributed by atoms with Gasteiger partial charge in [-0.05, 0) is 65.1 Å². The first-order valence-electron chi connectivity index (χ1n) is 8.84. The van der Waals surface area contributed by atoms with Gasteiger partial charge in [0.1, 0.15) is 6.04 Å². The molecule has 0 radical (unpaired) electrons. The number of piperidine rings is 1. The van der Waals surface area contributed by atoms with Crippen LogP contribution in [0.3, 0.4) is 0 Å². The molecule has 2 atom stereocenters. The molecule has 2 amide bonds. The smallest absolute Gasteiger partial charge is 0.245 e. The van der Waals surface area contributed by atoms with Crippen molar-refractivity contribution in [1.29, 1.82) is 0 Å². The Balaban J connectivity index is 1.52. The second kappa shape index (κ2) is 6.57. The van der Waals surface area contributed by atoms with Crippen LogP contribution >= 0.6 is 0 Å². The lowest BCUT2D eigenvalue weighted by molar-refractivity contribution is -0.152. The van der Waals surface area contributed by atoms with Gasteiger partial charge in [0.2, 0.25) is 11.8 Å². The Morgan fingerprint density at radius 2 is 1.91 bits per heavy atom. The van der Waals surface area contributed by atoms with E-state index in [2.05, 4.69) is 11.9 Å². The number of amides is 2. The zero-order chi connectivity index (χ0) is 15.7. The summed E-state index contributed by atoms with van der Waals surface area (Å²) in [6, 6.07) is 0.00955. The molecule has 3 rings (SSSR count). The molecule has 0 unspecified atom stereocenters. The Bertz CT molecular complexity index is 432. The van der Waals surface area contributed by atoms with Crippen LogP contribution in [0, 0.1) is 5.92 Å². The fourth-order valence-electron chi connectivity index (χ4n) is 4.21. The Labute approximate surface area is 133 Å². The summed E-state index contributed by atoms with van der Waals surface area (Å²) >= 11 is 0. The number of piperazine rings is 1. The van der Waals surface area contributed by atoms with Gasteiger partial charge in [-0.2, -0.15) is 0 Å². The van der Waals surface area contributed by atoms with Crippen LogP contribution in [-0.2, 0) is 9.59 Å². The maximum Gasteiger partial charge on any atom is 0.245 e. The van der Waals surface area contributed by atoms with Crippen molar-refractivity contribution in [3.8, 4) is 0 Å². The Kier molecular flexibility index (Phi) is 4.71. The van der Waals surface area contributed by atoms with Crippen molar-refractivity contribution in [2.75, 3.05) is 33.2 Å². The normalized spacial score (nSPS) is 30.7. The number of nitrogens with zero attached hydrogens (tertiary/aromatic N) is 3. The third-order valence-electron chi connectivity index (χ3n) is 5.82. The molecule has 0 spiro atoms. The van der Waals surface area contributed by atoms with Crippen LogP contribution in [0.2, 0.25) is 0 Å². The van der Waals surface area contributed by atoms with Crippen LogP contribution in [0.15, 0.2) is 0 Å². The molecule has 3 aliphatic rings. The summed E-state index contributed by atoms with van der Waals surface area (Å²) in [6.07, 6.45) is 6.14. The summed E-state index contributed by atoms with van der Waals surface area (Å²) in [5.41, 5.74) is 0. The summed E-state index contributed by atoms with van der Waals surface area (Å²) in [7, 11) is 2.16. The molecule has 3 heterocycles. The first-order valence-corrected chi connectivity index (χ1v) is 8.84. The quantitative estimate of drug-likeness (QED) is 0.790. The number of rotatable bonds is 3. The monoisotopic (exact) mass is 307 g/mol. The molecule has 0 aromatic heterocycles. The molecule has 0 aromatic rings. The summed E-state index contributed by atoms with van der Waals surface area (Å²) in [5, 5.41) is 0. The highest BCUT2D eigenvalue weighted by atomic mass is 16.2. The molecule has 0 saturated carbocycles. The van der Waals surface area contributed by atoms with Gasteiger partial charge in [0.05, 0.1) is 0 Å². The lowest BCUT2D eigenvalue weighted by Crippen LogP contribution is -2.60. The maximum atomic E-state index is 12.6. The Hall–Kier alpha value is -1.10. The molecule has 22 heavy (non-hydrogen) atoms. The van der Waals surface area contributed by atoms with E-state index in [1.165, 1.54) is 12.8 Å². The highest BCUT2D eigenvalue weighted by molar-refractivity contribution is 5.89. The molecular formula is C17H29N3O2. The zero-order valence-electron chi connectivity index (χ0n) is 14.0. The molecular weight excluding hydrogens is 278 g/mol. The van der Waals surface area contributed by atoms with E-state index in [0.29, 0.717) is 12.3 Å². The van der Waals surface area contributed by atoms with Crippen molar-refractivity contribution in [3.05, 3.63) is 0 Å². The van der Waals surface area contributed by atoms with Crippen molar-refractivity contribution < 1.29 is 9.59 Å². The largest absolute Gasteiger partial charge is 0.336 e. The van der Waals surface area contributed by atoms with E-state index in [-0.39, 0.29) is 23.9 Å². The van der Waals surface area contributed by atoms with Gasteiger partial charge in [0.15, 0.2) is 0 Å². The molecule has 3 saturated heterocycles. The fraction of sp³-hybridized carbons (Fsp3) is 0.882. The van der Waals surface area contributed by atoms with E-state index in [1.807, 2.05) is 16.7 Å². The van der Waals surface area contributed by atoms with Crippen molar-refractivity contribution in [2.45, 2.75) is 57.5 Å². The second-order valence-electron chi connectivity index (χ2n) is 7.34. The van der Waals surface area contributed by atoms with Crippen LogP contribution in [-0.4, -0.2) is 71.8 Å². The number of hydrogen-bond donors (Lipinski definition) is 0. The second-order valence-corrected chi connectivity index (χ2v) is 7.34. The minimum Gasteiger partial charge on any atom is -0.336 e. The summed E-state index contributed by atoms with van der Waals surface area (Å²) < 4.78 is 0. The van der Waals surface area contributed by atoms with E-state index in [9.17, 15) is 9.59 Å². The van der Waals surface area contributed by atoms with E-state index >= 15 is 0 Å². The number of fused-ring (bicyclic) bond motifs is 1. The van der Waals surface area contributed by atoms with Crippen LogP contribution in [0.1, 0.15) is 45.4 Å². The van der Waals surface area contributed by atoms with Crippen LogP contribution in [0.25, 0.3) is 0 Å².